The topological polar surface area (TPSA) is 137 Å². The molecule has 0 saturated heterocycles. The van der Waals surface area contributed by atoms with Gasteiger partial charge in [-0.15, -0.1) is 0 Å². The largest absolute Gasteiger partial charge is 0.465 e. The molecule has 0 saturated carbocycles. The molecule has 1 atom stereocenters. The van der Waals surface area contributed by atoms with Crippen molar-refractivity contribution in [1.29, 1.82) is 0 Å². The summed E-state index contributed by atoms with van der Waals surface area (Å²) >= 11 is 0. The van der Waals surface area contributed by atoms with Gasteiger partial charge in [0.25, 0.3) is 0 Å². The minimum Gasteiger partial charge on any atom is -0.465 e. The van der Waals surface area contributed by atoms with Crippen molar-refractivity contribution in [3.63, 3.8) is 0 Å². The fourth-order valence-corrected chi connectivity index (χ4v) is 8.48. The molecule has 0 aromatic rings. The van der Waals surface area contributed by atoms with Crippen molar-refractivity contribution in [3.05, 3.63) is 0 Å². The maximum atomic E-state index is 15.9. The summed E-state index contributed by atoms with van der Waals surface area (Å²) in [5, 5.41) is 18.9. The van der Waals surface area contributed by atoms with Gasteiger partial charge in [0.05, 0.1) is 5.54 Å². The molecule has 114 heavy (non-hydrogen) atoms. The molecule has 0 radical (unpaired) electrons. The number of hydrogen-bond donors (Lipinski definition) is 5. The zero-order valence-corrected chi connectivity index (χ0v) is 51.6. The molecule has 0 spiro atoms. The van der Waals surface area contributed by atoms with Crippen molar-refractivity contribution in [3.8, 4) is 0 Å². The Balaban J connectivity index is 9.11. The SMILES string of the molecule is O=C(O)NCCCCC(CCC(CC(F)(F)C(F)(F)C(F)(F)C(F)(F)C(F)(F)C(F)(F)C(F)(F)C(F)(F)C(F)(F)C(F)F)(CC(F)(F)C(F)(F)C(F)(F)C(F)(F)C(F)(F)C(F)(F)C(F)(F)C(F)(F)C(F)(F)C(F)F)NC(=O)O)CNC(=O)OCC(F)(F)C(F)(F)C(F)(F)C(F)(F)C(F)(F)C(F)(F)C(F)(F)C(F)(F)C(F)(F)C(F)F. The Morgan fingerprint density at radius 2 is 0.491 bits per heavy atom. The number of halogens is 60. The van der Waals surface area contributed by atoms with E-state index in [9.17, 15) is 230 Å². The molecule has 0 aromatic heterocycles. The lowest BCUT2D eigenvalue weighted by molar-refractivity contribution is -0.466. The maximum absolute atomic E-state index is 15.9. The maximum Gasteiger partial charge on any atom is 0.407 e. The van der Waals surface area contributed by atoms with Crippen LogP contribution in [0.5, 0.6) is 0 Å². The number of carbonyl (C=O) groups excluding carboxylic acids is 1. The van der Waals surface area contributed by atoms with Crippen LogP contribution < -0.4 is 16.0 Å². The van der Waals surface area contributed by atoms with Crippen molar-refractivity contribution < 1.29 is 293 Å². The summed E-state index contributed by atoms with van der Waals surface area (Å²) in [7, 11) is 0. The average molecular weight is 1850 g/mol. The summed E-state index contributed by atoms with van der Waals surface area (Å²) in [5.74, 6) is -260. The summed E-state index contributed by atoms with van der Waals surface area (Å²) in [4.78, 5) is 35.1. The third kappa shape index (κ3) is 15.9. The van der Waals surface area contributed by atoms with E-state index in [1.165, 1.54) is 5.32 Å². The van der Waals surface area contributed by atoms with Crippen LogP contribution in [0.4, 0.5) is 278 Å². The van der Waals surface area contributed by atoms with Gasteiger partial charge in [0.15, 0.2) is 6.61 Å². The lowest BCUT2D eigenvalue weighted by Gasteiger charge is -2.47. The van der Waals surface area contributed by atoms with E-state index in [2.05, 4.69) is 4.74 Å². The number of hydrogen-bond acceptors (Lipinski definition) is 4. The Kier molecular flexibility index (Phi) is 29.0. The number of alkyl carbamates (subject to hydrolysis) is 1. The Morgan fingerprint density at radius 3 is 0.711 bits per heavy atom. The van der Waals surface area contributed by atoms with Crippen molar-refractivity contribution in [2.75, 3.05) is 19.7 Å². The molecule has 1 unspecified atom stereocenters. The van der Waals surface area contributed by atoms with Crippen LogP contribution >= 0.6 is 0 Å². The number of carbonyl (C=O) groups is 3. The van der Waals surface area contributed by atoms with Gasteiger partial charge in [0, 0.05) is 25.9 Å². The summed E-state index contributed by atoms with van der Waals surface area (Å²) in [6, 6.07) is 0. The number of alkyl halides is 60. The molecule has 69 heteroatoms. The minimum atomic E-state index is -10.3. The molecule has 9 nitrogen and oxygen atoms in total. The molecular formula is C45H29F60N3O6. The van der Waals surface area contributed by atoms with Crippen LogP contribution in [0.15, 0.2) is 0 Å². The third-order valence-electron chi connectivity index (χ3n) is 15.3. The zero-order chi connectivity index (χ0) is 92.9. The van der Waals surface area contributed by atoms with Gasteiger partial charge in [-0.2, -0.15) is 237 Å². The van der Waals surface area contributed by atoms with E-state index in [1.54, 1.807) is 0 Å². The second-order valence-corrected chi connectivity index (χ2v) is 23.1. The predicted molar refractivity (Wildman–Crippen MR) is 237 cm³/mol. The Hall–Kier alpha value is -6.39. The first-order chi connectivity index (χ1) is 49.0. The van der Waals surface area contributed by atoms with Gasteiger partial charge in [-0.05, 0) is 31.6 Å². The number of carboxylic acid groups (broad SMARTS) is 2. The number of rotatable bonds is 44. The molecule has 0 fully saturated rings. The van der Waals surface area contributed by atoms with E-state index in [0.717, 1.165) is 0 Å². The fraction of sp³-hybridized carbons (Fsp3) is 0.933. The Morgan fingerprint density at radius 1 is 0.272 bits per heavy atom. The number of nitrogens with one attached hydrogen (secondary N) is 3. The number of ether oxygens (including phenoxy) is 1. The Labute approximate surface area is 583 Å². The third-order valence-corrected chi connectivity index (χ3v) is 15.3. The molecule has 0 rings (SSSR count). The van der Waals surface area contributed by atoms with E-state index in [-0.39, 0.29) is 0 Å². The van der Waals surface area contributed by atoms with Crippen LogP contribution in [0.2, 0.25) is 0 Å². The Bertz CT molecular complexity index is 3190. The van der Waals surface area contributed by atoms with Gasteiger partial charge in [0.2, 0.25) is 0 Å². The lowest BCUT2D eigenvalue weighted by atomic mass is 9.75. The highest BCUT2D eigenvalue weighted by molar-refractivity contribution is 5.67. The van der Waals surface area contributed by atoms with E-state index in [4.69, 9.17) is 5.11 Å². The molecule has 0 aliphatic rings. The molecule has 0 aromatic carbocycles. The molecule has 0 heterocycles. The molecule has 680 valence electrons. The molecule has 5 N–H and O–H groups in total. The molecule has 0 aliphatic heterocycles. The van der Waals surface area contributed by atoms with Crippen molar-refractivity contribution in [2.45, 2.75) is 230 Å². The first kappa shape index (κ1) is 108. The standard InChI is InChI=1S/C45H29F60N3O6/c46-12(47)22(58,59)28(70,71)34(82,83)40(94,95)43(100,101)37(88,89)31(76,77)25(64,65)19(52,53)8-18(108-16(111)112,9-20(54,55)26(66,67)32(78,79)38(90,91)44(102,103)41(96,97)35(84,85)29(72,73)23(60,61)13(48)49)5-4-11(3-1-2-6-106-15(109)110)7-107-17(113)114-10-21(56,57)27(68,69)33(80,81)39(92,93)45(104,105)42(98,99)36(86,87)30(74,75)24(62,63)14(50)51/h11-14,106,108H,1-10H2,(H,107,113)(H,109,110)(H,111,112). The average Bonchev–Trinajstić information content (AvgIpc) is 0.695. The predicted octanol–water partition coefficient (Wildman–Crippen LogP) is 21.3. The second kappa shape index (κ2) is 30.8. The van der Waals surface area contributed by atoms with Gasteiger partial charge in [-0.25, -0.2) is 40.7 Å². The van der Waals surface area contributed by atoms with Crippen LogP contribution in [-0.4, -0.2) is 233 Å². The van der Waals surface area contributed by atoms with E-state index in [1.807, 2.05) is 0 Å². The van der Waals surface area contributed by atoms with Gasteiger partial charge < -0.3 is 30.9 Å². The van der Waals surface area contributed by atoms with Crippen LogP contribution in [0.3, 0.4) is 0 Å². The molecule has 0 bridgehead atoms. The van der Waals surface area contributed by atoms with E-state index in [0.29, 0.717) is 5.32 Å². The van der Waals surface area contributed by atoms with Crippen LogP contribution in [0.1, 0.15) is 44.9 Å². The van der Waals surface area contributed by atoms with Gasteiger partial charge in [0.1, 0.15) is 0 Å². The van der Waals surface area contributed by atoms with E-state index >= 15 is 52.7 Å². The number of unbranched alkanes of at least 4 members (excludes halogenated alkanes) is 1. The summed E-state index contributed by atoms with van der Waals surface area (Å²) in [5.41, 5.74) is -6.59. The summed E-state index contributed by atoms with van der Waals surface area (Å²) in [6.45, 7) is -8.47. The van der Waals surface area contributed by atoms with E-state index < -0.39 is 279 Å². The highest BCUT2D eigenvalue weighted by Gasteiger charge is 3.01. The highest BCUT2D eigenvalue weighted by Crippen LogP contribution is 2.71. The van der Waals surface area contributed by atoms with Gasteiger partial charge >= 0.3 is 197 Å². The molecular weight excluding hydrogens is 1820 g/mol. The highest BCUT2D eigenvalue weighted by atomic mass is 19.4. The first-order valence-electron chi connectivity index (χ1n) is 27.0. The van der Waals surface area contributed by atoms with Crippen molar-refractivity contribution in [2.24, 2.45) is 5.92 Å². The lowest BCUT2D eigenvalue weighted by Crippen LogP contribution is -2.77. The van der Waals surface area contributed by atoms with Crippen molar-refractivity contribution >= 4 is 18.3 Å². The first-order valence-corrected chi connectivity index (χ1v) is 27.0. The van der Waals surface area contributed by atoms with Crippen LogP contribution in [0, 0.1) is 5.92 Å². The molecule has 0 aliphatic carbocycles. The van der Waals surface area contributed by atoms with Crippen LogP contribution in [0.25, 0.3) is 0 Å². The van der Waals surface area contributed by atoms with Crippen LogP contribution in [-0.2, 0) is 4.74 Å². The smallest absolute Gasteiger partial charge is 0.407 e. The quantitative estimate of drug-likeness (QED) is 0.0304. The monoisotopic (exact) mass is 1850 g/mol. The number of amides is 3. The second-order valence-electron chi connectivity index (χ2n) is 23.1. The van der Waals surface area contributed by atoms with Gasteiger partial charge in [-0.1, -0.05) is 6.42 Å². The zero-order valence-electron chi connectivity index (χ0n) is 51.6. The van der Waals surface area contributed by atoms with Gasteiger partial charge in [-0.3, -0.25) is 0 Å². The van der Waals surface area contributed by atoms with Crippen molar-refractivity contribution in [1.82, 2.24) is 16.0 Å². The molecule has 3 amide bonds. The summed E-state index contributed by atoms with van der Waals surface area (Å²) < 4.78 is 858. The fourth-order valence-electron chi connectivity index (χ4n) is 8.48. The normalized spacial score (nSPS) is 16.4. The summed E-state index contributed by atoms with van der Waals surface area (Å²) in [6.07, 6.45) is -52.6. The minimum absolute atomic E-state index is 0.411.